The van der Waals surface area contributed by atoms with E-state index in [1.165, 1.54) is 6.07 Å². The number of rotatable bonds is 6. The van der Waals surface area contributed by atoms with E-state index >= 15 is 0 Å². The van der Waals surface area contributed by atoms with Gasteiger partial charge in [0.05, 0.1) is 17.7 Å². The molecule has 5 heteroatoms. The molecular formula is C20H19FN2O2. The largest absolute Gasteiger partial charge is 0.484 e. The van der Waals surface area contributed by atoms with E-state index in [0.29, 0.717) is 16.9 Å². The molecule has 25 heavy (non-hydrogen) atoms. The topological polar surface area (TPSA) is 53.3 Å². The molecule has 1 amide bonds. The van der Waals surface area contributed by atoms with E-state index in [1.807, 2.05) is 13.0 Å². The van der Waals surface area contributed by atoms with Crippen molar-refractivity contribution in [1.82, 2.24) is 4.90 Å². The van der Waals surface area contributed by atoms with Gasteiger partial charge in [-0.3, -0.25) is 4.79 Å². The minimum Gasteiger partial charge on any atom is -0.484 e. The summed E-state index contributed by atoms with van der Waals surface area (Å²) in [6, 6.07) is 15.0. The van der Waals surface area contributed by atoms with Crippen LogP contribution in [-0.2, 0) is 4.79 Å². The minimum atomic E-state index is -0.342. The zero-order valence-corrected chi connectivity index (χ0v) is 14.0. The Morgan fingerprint density at radius 2 is 1.96 bits per heavy atom. The highest BCUT2D eigenvalue weighted by Gasteiger charge is 2.37. The van der Waals surface area contributed by atoms with Crippen LogP contribution in [0.2, 0.25) is 0 Å². The summed E-state index contributed by atoms with van der Waals surface area (Å²) >= 11 is 0. The standard InChI is InChI=1S/C20H19FN2O2/c1-14(18-4-2-3-5-19(18)21)23(16-8-9-16)20(24)13-25-17-10-6-15(12-22)7-11-17/h2-7,10-11,14,16H,8-9,13H2,1H3. The Morgan fingerprint density at radius 1 is 1.28 bits per heavy atom. The molecule has 1 aliphatic carbocycles. The molecule has 2 aromatic carbocycles. The molecule has 1 atom stereocenters. The molecule has 0 aliphatic heterocycles. The summed E-state index contributed by atoms with van der Waals surface area (Å²) in [6.07, 6.45) is 1.86. The Balaban J connectivity index is 1.69. The summed E-state index contributed by atoms with van der Waals surface area (Å²) in [7, 11) is 0. The van der Waals surface area contributed by atoms with Gasteiger partial charge in [0.1, 0.15) is 11.6 Å². The Bertz CT molecular complexity index is 794. The van der Waals surface area contributed by atoms with Gasteiger partial charge in [-0.15, -0.1) is 0 Å². The predicted molar refractivity (Wildman–Crippen MR) is 91.3 cm³/mol. The van der Waals surface area contributed by atoms with Crippen molar-refractivity contribution in [2.45, 2.75) is 31.8 Å². The number of carbonyl (C=O) groups is 1. The van der Waals surface area contributed by atoms with Crippen LogP contribution in [0.4, 0.5) is 4.39 Å². The maximum absolute atomic E-state index is 14.1. The monoisotopic (exact) mass is 338 g/mol. The van der Waals surface area contributed by atoms with Crippen molar-refractivity contribution in [3.8, 4) is 11.8 Å². The molecule has 3 rings (SSSR count). The number of nitriles is 1. The Morgan fingerprint density at radius 3 is 2.56 bits per heavy atom. The summed E-state index contributed by atoms with van der Waals surface area (Å²) in [6.45, 7) is 1.73. The molecule has 0 saturated heterocycles. The fraction of sp³-hybridized carbons (Fsp3) is 0.300. The third-order valence-electron chi connectivity index (χ3n) is 4.35. The van der Waals surface area contributed by atoms with Gasteiger partial charge >= 0.3 is 0 Å². The van der Waals surface area contributed by atoms with Gasteiger partial charge in [0.25, 0.3) is 5.91 Å². The smallest absolute Gasteiger partial charge is 0.261 e. The van der Waals surface area contributed by atoms with Gasteiger partial charge in [-0.1, -0.05) is 18.2 Å². The van der Waals surface area contributed by atoms with Crippen molar-refractivity contribution in [2.24, 2.45) is 0 Å². The molecule has 1 saturated carbocycles. The molecule has 1 fully saturated rings. The quantitative estimate of drug-likeness (QED) is 0.804. The number of ether oxygens (including phenoxy) is 1. The molecule has 128 valence electrons. The van der Waals surface area contributed by atoms with Crippen LogP contribution in [0, 0.1) is 17.1 Å². The summed E-state index contributed by atoms with van der Waals surface area (Å²) in [5.41, 5.74) is 1.05. The number of hydrogen-bond acceptors (Lipinski definition) is 3. The third-order valence-corrected chi connectivity index (χ3v) is 4.35. The second kappa shape index (κ2) is 7.35. The second-order valence-electron chi connectivity index (χ2n) is 6.15. The summed E-state index contributed by atoms with van der Waals surface area (Å²) in [4.78, 5) is 14.4. The van der Waals surface area contributed by atoms with E-state index in [9.17, 15) is 9.18 Å². The van der Waals surface area contributed by atoms with Gasteiger partial charge in [0, 0.05) is 11.6 Å². The van der Waals surface area contributed by atoms with Crippen LogP contribution in [0.5, 0.6) is 5.75 Å². The van der Waals surface area contributed by atoms with Gasteiger partial charge in [-0.25, -0.2) is 4.39 Å². The van der Waals surface area contributed by atoms with Gasteiger partial charge in [0.15, 0.2) is 6.61 Å². The maximum atomic E-state index is 14.1. The van der Waals surface area contributed by atoms with Crippen molar-refractivity contribution in [2.75, 3.05) is 6.61 Å². The number of amides is 1. The molecular weight excluding hydrogens is 319 g/mol. The molecule has 4 nitrogen and oxygen atoms in total. The van der Waals surface area contributed by atoms with Crippen LogP contribution in [-0.4, -0.2) is 23.5 Å². The van der Waals surface area contributed by atoms with Crippen molar-refractivity contribution in [3.63, 3.8) is 0 Å². The van der Waals surface area contributed by atoms with E-state index in [1.54, 1.807) is 47.4 Å². The number of benzene rings is 2. The van der Waals surface area contributed by atoms with Crippen molar-refractivity contribution < 1.29 is 13.9 Å². The lowest BCUT2D eigenvalue weighted by molar-refractivity contribution is -0.136. The van der Waals surface area contributed by atoms with E-state index in [4.69, 9.17) is 10.00 Å². The van der Waals surface area contributed by atoms with Gasteiger partial charge in [-0.05, 0) is 50.1 Å². The first-order chi connectivity index (χ1) is 12.1. The van der Waals surface area contributed by atoms with E-state index < -0.39 is 0 Å². The Hall–Kier alpha value is -2.87. The SMILES string of the molecule is CC(c1ccccc1F)N(C(=O)COc1ccc(C#N)cc1)C1CC1. The molecule has 0 N–H and O–H groups in total. The number of nitrogens with zero attached hydrogens (tertiary/aromatic N) is 2. The lowest BCUT2D eigenvalue weighted by atomic mass is 10.1. The van der Waals surface area contributed by atoms with Crippen LogP contribution in [0.25, 0.3) is 0 Å². The number of hydrogen-bond donors (Lipinski definition) is 0. The highest BCUT2D eigenvalue weighted by Crippen LogP contribution is 2.35. The molecule has 0 heterocycles. The molecule has 2 aromatic rings. The van der Waals surface area contributed by atoms with E-state index in [-0.39, 0.29) is 30.4 Å². The predicted octanol–water partition coefficient (Wildman–Crippen LogP) is 3.83. The molecule has 0 radical (unpaired) electrons. The summed E-state index contributed by atoms with van der Waals surface area (Å²) in [5.74, 6) is 0.0608. The number of halogens is 1. The first-order valence-corrected chi connectivity index (χ1v) is 8.28. The van der Waals surface area contributed by atoms with Gasteiger partial charge in [0.2, 0.25) is 0 Å². The lowest BCUT2D eigenvalue weighted by Gasteiger charge is -2.30. The molecule has 1 aliphatic rings. The Labute approximate surface area is 146 Å². The van der Waals surface area contributed by atoms with Crippen molar-refractivity contribution in [3.05, 3.63) is 65.5 Å². The average molecular weight is 338 g/mol. The van der Waals surface area contributed by atoms with Crippen LogP contribution >= 0.6 is 0 Å². The van der Waals surface area contributed by atoms with Gasteiger partial charge < -0.3 is 9.64 Å². The molecule has 1 unspecified atom stereocenters. The van der Waals surface area contributed by atoms with Crippen molar-refractivity contribution in [1.29, 1.82) is 5.26 Å². The van der Waals surface area contributed by atoms with Crippen molar-refractivity contribution >= 4 is 5.91 Å². The fourth-order valence-electron chi connectivity index (χ4n) is 2.90. The summed E-state index contributed by atoms with van der Waals surface area (Å²) in [5, 5.41) is 8.80. The summed E-state index contributed by atoms with van der Waals surface area (Å²) < 4.78 is 19.6. The van der Waals surface area contributed by atoms with Crippen LogP contribution in [0.3, 0.4) is 0 Å². The van der Waals surface area contributed by atoms with Gasteiger partial charge in [-0.2, -0.15) is 5.26 Å². The van der Waals surface area contributed by atoms with Crippen LogP contribution in [0.1, 0.15) is 36.9 Å². The minimum absolute atomic E-state index is 0.110. The second-order valence-corrected chi connectivity index (χ2v) is 6.15. The van der Waals surface area contributed by atoms with E-state index in [2.05, 4.69) is 0 Å². The first kappa shape index (κ1) is 17.0. The average Bonchev–Trinajstić information content (AvgIpc) is 3.45. The Kier molecular flexibility index (Phi) is 4.99. The molecule has 0 aromatic heterocycles. The third kappa shape index (κ3) is 3.97. The normalized spacial score (nSPS) is 14.4. The van der Waals surface area contributed by atoms with Crippen LogP contribution < -0.4 is 4.74 Å². The lowest BCUT2D eigenvalue weighted by Crippen LogP contribution is -2.39. The highest BCUT2D eigenvalue weighted by molar-refractivity contribution is 5.79. The first-order valence-electron chi connectivity index (χ1n) is 8.28. The van der Waals surface area contributed by atoms with E-state index in [0.717, 1.165) is 12.8 Å². The molecule has 0 spiro atoms. The van der Waals surface area contributed by atoms with Crippen LogP contribution in [0.15, 0.2) is 48.5 Å². The molecule has 0 bridgehead atoms. The fourth-order valence-corrected chi connectivity index (χ4v) is 2.90. The number of carbonyl (C=O) groups excluding carboxylic acids is 1. The zero-order valence-electron chi connectivity index (χ0n) is 14.0. The highest BCUT2D eigenvalue weighted by atomic mass is 19.1. The maximum Gasteiger partial charge on any atom is 0.261 e. The zero-order chi connectivity index (χ0) is 17.8.